The van der Waals surface area contributed by atoms with E-state index in [1.165, 1.54) is 0 Å². The van der Waals surface area contributed by atoms with E-state index in [1.807, 2.05) is 0 Å². The van der Waals surface area contributed by atoms with E-state index in [1.54, 1.807) is 0 Å². The van der Waals surface area contributed by atoms with Crippen molar-refractivity contribution in [3.05, 3.63) is 0 Å². The maximum Gasteiger partial charge on any atom is -0.369 e. The van der Waals surface area contributed by atoms with Gasteiger partial charge < -0.3 is 22.5 Å². The van der Waals surface area contributed by atoms with E-state index in [9.17, 15) is 0 Å². The fourth-order valence-corrected chi connectivity index (χ4v) is 0. The second kappa shape index (κ2) is 255. The molecule has 3 nitrogen and oxygen atoms in total. The van der Waals surface area contributed by atoms with Crippen LogP contribution in [-0.2, 0) is 0 Å². The molecule has 0 atom stereocenters. The summed E-state index contributed by atoms with van der Waals surface area (Å²) in [5.41, 5.74) is 0. The molecule has 0 aromatic carbocycles. The highest BCUT2D eigenvalue weighted by Crippen LogP contribution is -0.289. The molecular weight excluding hydrogens is 63.0 g/mol. The molecule has 0 saturated heterocycles. The summed E-state index contributed by atoms with van der Waals surface area (Å²) in [5.74, 6) is 0. The predicted molar refractivity (Wildman–Crippen MR) is 13.9 cm³/mol. The highest BCUT2D eigenvalue weighted by atomic mass is 19.0. The van der Waals surface area contributed by atoms with E-state index in [0.717, 1.165) is 0 Å². The van der Waals surface area contributed by atoms with Gasteiger partial charge in [-0.25, -0.2) is 0 Å². The Bertz CT molecular complexity index is 6.00. The Morgan fingerprint density at radius 3 is 0.750 bits per heavy atom. The quantitative estimate of drug-likeness (QED) is 0.326. The number of quaternary nitrogens is 2. The van der Waals surface area contributed by atoms with Gasteiger partial charge in [-0.3, -0.25) is 0 Å². The number of hydrogen-bond acceptors (Lipinski definition) is 1. The first-order chi connectivity index (χ1) is 0. The van der Waals surface area contributed by atoms with Crippen LogP contribution >= 0.6 is 0 Å². The van der Waals surface area contributed by atoms with Crippen LogP contribution in [0.1, 0.15) is 0 Å². The average molecular weight is 72.1 g/mol. The van der Waals surface area contributed by atoms with Crippen molar-refractivity contribution in [2.24, 2.45) is 0 Å². The molecule has 0 aliphatic rings. The van der Waals surface area contributed by atoms with E-state index < -0.39 is 0 Å². The molecule has 9 N–H and O–H groups in total. The molecule has 0 heterocycles. The van der Waals surface area contributed by atoms with E-state index in [-0.39, 0.29) is 22.5 Å². The molecule has 0 radical (unpaired) electrons. The van der Waals surface area contributed by atoms with Gasteiger partial charge in [0.15, 0.2) is 0 Å². The molecule has 0 aliphatic carbocycles. The smallest absolute Gasteiger partial charge is 0.369 e. The topological polar surface area (TPSA) is 103 Å². The monoisotopic (exact) mass is 72.1 g/mol. The summed E-state index contributed by atoms with van der Waals surface area (Å²) < 4.78 is 0. The first-order valence-corrected chi connectivity index (χ1v) is 0. The molecule has 0 rings (SSSR count). The van der Waals surface area contributed by atoms with Crippen molar-refractivity contribution < 1.29 is 10.2 Å². The summed E-state index contributed by atoms with van der Waals surface area (Å²) >= 11 is 0. The SMILES string of the molecule is [F-].[NH4+].[NH4+].[OH-]. The van der Waals surface area contributed by atoms with Gasteiger partial charge in [0.25, 0.3) is 0 Å². The maximum absolute atomic E-state index is 0. The van der Waals surface area contributed by atoms with Gasteiger partial charge in [0, 0.05) is 0 Å². The van der Waals surface area contributed by atoms with Gasteiger partial charge in [-0.05, 0) is 0 Å². The lowest BCUT2D eigenvalue weighted by Crippen LogP contribution is -3.00. The zero-order valence-corrected chi connectivity index (χ0v) is 2.83. The zero-order valence-electron chi connectivity index (χ0n) is 2.83. The number of rotatable bonds is 0. The maximum atomic E-state index is 0. The van der Waals surface area contributed by atoms with Crippen molar-refractivity contribution >= 4 is 0 Å². The van der Waals surface area contributed by atoms with Crippen LogP contribution in [0.15, 0.2) is 0 Å². The van der Waals surface area contributed by atoms with Crippen LogP contribution in [0.25, 0.3) is 0 Å². The van der Waals surface area contributed by atoms with Crippen LogP contribution in [0.5, 0.6) is 0 Å². The highest BCUT2D eigenvalue weighted by Gasteiger charge is -0.368. The molecule has 0 aliphatic heterocycles. The molecule has 0 unspecified atom stereocenters. The Kier molecular flexibility index (Phi) is 53100. The van der Waals surface area contributed by atoms with Crippen molar-refractivity contribution in [1.29, 1.82) is 0 Å². The van der Waals surface area contributed by atoms with Crippen LogP contribution in [0, 0.1) is 0 Å². The number of hydrogen-bond donors (Lipinski definition) is 2. The third-order valence-corrected chi connectivity index (χ3v) is 0. The van der Waals surface area contributed by atoms with Crippen molar-refractivity contribution in [3.8, 4) is 0 Å². The fourth-order valence-electron chi connectivity index (χ4n) is 0. The second-order valence-electron chi connectivity index (χ2n) is 0. The molecule has 0 aromatic heterocycles. The lowest BCUT2D eigenvalue weighted by molar-refractivity contribution is -0.00000215. The standard InChI is InChI=1S/FH.2H3N.H2O/h1H;2*1H3;1H2. The van der Waals surface area contributed by atoms with Gasteiger partial charge >= 0.3 is 0 Å². The lowest BCUT2D eigenvalue weighted by atomic mass is 14.0. The van der Waals surface area contributed by atoms with Crippen LogP contribution < -0.4 is 17.0 Å². The Balaban J connectivity index is 0. The number of halogens is 1. The van der Waals surface area contributed by atoms with Gasteiger partial charge in [0.2, 0.25) is 0 Å². The molecule has 0 fully saturated rings. The molecule has 0 spiro atoms. The van der Waals surface area contributed by atoms with Crippen LogP contribution in [-0.4, -0.2) is 5.48 Å². The molecular formula is H9FN2O. The summed E-state index contributed by atoms with van der Waals surface area (Å²) in [6.07, 6.45) is 0. The second-order valence-corrected chi connectivity index (χ2v) is 0. The fraction of sp³-hybridized carbons (Fsp3) is 0. The summed E-state index contributed by atoms with van der Waals surface area (Å²) in [5, 5.41) is 0. The zero-order chi connectivity index (χ0) is 0. The van der Waals surface area contributed by atoms with E-state index in [0.29, 0.717) is 0 Å². The predicted octanol–water partition coefficient (Wildman–Crippen LogP) is -2.42. The van der Waals surface area contributed by atoms with E-state index >= 15 is 0 Å². The van der Waals surface area contributed by atoms with Crippen molar-refractivity contribution in [1.82, 2.24) is 12.3 Å². The van der Waals surface area contributed by atoms with Crippen molar-refractivity contribution in [2.75, 3.05) is 0 Å². The molecule has 0 amide bonds. The third-order valence-electron chi connectivity index (χ3n) is 0. The van der Waals surface area contributed by atoms with Crippen LogP contribution in [0.3, 0.4) is 0 Å². The molecule has 0 aromatic rings. The average Bonchev–Trinajstić information content (AvgIpc) is 0. The Labute approximate surface area is 23.8 Å². The first-order valence-electron chi connectivity index (χ1n) is 0. The molecule has 0 bridgehead atoms. The molecule has 4 heteroatoms. The van der Waals surface area contributed by atoms with Gasteiger partial charge in [-0.2, -0.15) is 0 Å². The van der Waals surface area contributed by atoms with Crippen LogP contribution in [0.2, 0.25) is 0 Å². The van der Waals surface area contributed by atoms with E-state index in [2.05, 4.69) is 0 Å². The Morgan fingerprint density at radius 2 is 0.750 bits per heavy atom. The van der Waals surface area contributed by atoms with Gasteiger partial charge in [0.05, 0.1) is 0 Å². The van der Waals surface area contributed by atoms with Gasteiger partial charge in [-0.15, -0.1) is 0 Å². The van der Waals surface area contributed by atoms with Crippen molar-refractivity contribution in [2.45, 2.75) is 0 Å². The first kappa shape index (κ1) is 833. The summed E-state index contributed by atoms with van der Waals surface area (Å²) in [7, 11) is 0. The summed E-state index contributed by atoms with van der Waals surface area (Å²) in [6, 6.07) is 0. The van der Waals surface area contributed by atoms with Gasteiger partial charge in [0.1, 0.15) is 0 Å². The molecule has 4 heavy (non-hydrogen) atoms. The minimum absolute atomic E-state index is 0. The lowest BCUT2D eigenvalue weighted by Gasteiger charge is -1.00. The largest absolute Gasteiger partial charge is 1.00 e. The summed E-state index contributed by atoms with van der Waals surface area (Å²) in [6.45, 7) is 0. The highest BCUT2D eigenvalue weighted by molar-refractivity contribution is 2.14. The molecule has 32 valence electrons. The minimum Gasteiger partial charge on any atom is -1.00 e. The van der Waals surface area contributed by atoms with E-state index in [4.69, 9.17) is 0 Å². The normalized spacial score (nSPS) is 0. The van der Waals surface area contributed by atoms with Crippen molar-refractivity contribution in [3.63, 3.8) is 0 Å². The Hall–Kier alpha value is -0.190. The summed E-state index contributed by atoms with van der Waals surface area (Å²) in [4.78, 5) is 0. The Morgan fingerprint density at radius 1 is 0.750 bits per heavy atom. The molecule has 0 saturated carbocycles. The third kappa shape index (κ3) is 32.9. The minimum atomic E-state index is 0. The van der Waals surface area contributed by atoms with Crippen LogP contribution in [0.4, 0.5) is 0 Å². The van der Waals surface area contributed by atoms with Gasteiger partial charge in [-0.1, -0.05) is 0 Å².